The number of benzene rings is 1. The lowest BCUT2D eigenvalue weighted by molar-refractivity contribution is -0.133. The summed E-state index contributed by atoms with van der Waals surface area (Å²) in [5.74, 6) is 0.221. The molecule has 3 rings (SSSR count). The second-order valence-corrected chi connectivity index (χ2v) is 5.62. The van der Waals surface area contributed by atoms with Crippen LogP contribution in [0.5, 0.6) is 0 Å². The summed E-state index contributed by atoms with van der Waals surface area (Å²) in [6.45, 7) is 1.14. The van der Waals surface area contributed by atoms with E-state index >= 15 is 0 Å². The molecule has 0 unspecified atom stereocenters. The monoisotopic (exact) mass is 297 g/mol. The second kappa shape index (κ2) is 4.09. The van der Waals surface area contributed by atoms with Gasteiger partial charge in [-0.15, -0.1) is 0 Å². The zero-order chi connectivity index (χ0) is 12.0. The molecular weight excluding hydrogens is 285 g/mol. The number of halogens is 2. The fourth-order valence-corrected chi connectivity index (χ4v) is 2.94. The van der Waals surface area contributed by atoms with Crippen LogP contribution in [0.3, 0.4) is 0 Å². The van der Waals surface area contributed by atoms with Crippen LogP contribution in [0.4, 0.5) is 4.39 Å². The molecule has 0 saturated heterocycles. The van der Waals surface area contributed by atoms with Crippen LogP contribution >= 0.6 is 15.9 Å². The van der Waals surface area contributed by atoms with E-state index in [0.717, 1.165) is 29.3 Å². The molecule has 0 N–H and O–H groups in total. The summed E-state index contributed by atoms with van der Waals surface area (Å²) in [4.78, 5) is 13.8. The van der Waals surface area contributed by atoms with Crippen molar-refractivity contribution in [3.63, 3.8) is 0 Å². The molecule has 90 valence electrons. The molecule has 0 radical (unpaired) electrons. The first-order valence-corrected chi connectivity index (χ1v) is 6.70. The zero-order valence-corrected chi connectivity index (χ0v) is 11.0. The average Bonchev–Trinajstić information content (AvgIpc) is 3.17. The Balaban J connectivity index is 1.89. The minimum absolute atomic E-state index is 0.198. The lowest BCUT2D eigenvalue weighted by Crippen LogP contribution is -2.37. The first-order chi connectivity index (χ1) is 8.16. The normalized spacial score (nSPS) is 19.1. The number of carbonyl (C=O) groups is 1. The molecule has 1 heterocycles. The smallest absolute Gasteiger partial charge is 0.225 e. The first-order valence-electron chi connectivity index (χ1n) is 5.91. The highest BCUT2D eigenvalue weighted by molar-refractivity contribution is 9.10. The van der Waals surface area contributed by atoms with Crippen molar-refractivity contribution in [3.8, 4) is 0 Å². The summed E-state index contributed by atoms with van der Waals surface area (Å²) < 4.78 is 14.7. The third kappa shape index (κ3) is 1.99. The molecule has 17 heavy (non-hydrogen) atoms. The predicted molar refractivity (Wildman–Crippen MR) is 65.9 cm³/mol. The van der Waals surface area contributed by atoms with Gasteiger partial charge in [0.25, 0.3) is 0 Å². The Morgan fingerprint density at radius 3 is 2.82 bits per heavy atom. The summed E-state index contributed by atoms with van der Waals surface area (Å²) in [5.41, 5.74) is 1.70. The Labute approximate surface area is 108 Å². The van der Waals surface area contributed by atoms with Gasteiger partial charge in [-0.25, -0.2) is 4.39 Å². The quantitative estimate of drug-likeness (QED) is 0.780. The SMILES string of the molecule is O=C(C1CC1)N1CCc2c(Br)ccc(F)c2C1. The number of fused-ring (bicyclic) bond motifs is 1. The van der Waals surface area contributed by atoms with Crippen molar-refractivity contribution in [2.24, 2.45) is 5.92 Å². The average molecular weight is 298 g/mol. The molecule has 1 saturated carbocycles. The number of amides is 1. The highest BCUT2D eigenvalue weighted by Gasteiger charge is 2.35. The molecule has 1 aliphatic carbocycles. The Morgan fingerprint density at radius 1 is 1.35 bits per heavy atom. The molecule has 0 atom stereocenters. The maximum absolute atomic E-state index is 13.7. The van der Waals surface area contributed by atoms with Crippen LogP contribution in [0.15, 0.2) is 16.6 Å². The van der Waals surface area contributed by atoms with Gasteiger partial charge in [-0.1, -0.05) is 15.9 Å². The van der Waals surface area contributed by atoms with Crippen LogP contribution in [0, 0.1) is 11.7 Å². The van der Waals surface area contributed by atoms with Gasteiger partial charge >= 0.3 is 0 Å². The predicted octanol–water partition coefficient (Wildman–Crippen LogP) is 2.88. The van der Waals surface area contributed by atoms with E-state index in [0.29, 0.717) is 18.7 Å². The summed E-state index contributed by atoms with van der Waals surface area (Å²) in [7, 11) is 0. The fraction of sp³-hybridized carbons (Fsp3) is 0.462. The van der Waals surface area contributed by atoms with Crippen molar-refractivity contribution in [2.45, 2.75) is 25.8 Å². The molecule has 1 fully saturated rings. The topological polar surface area (TPSA) is 20.3 Å². The van der Waals surface area contributed by atoms with Crippen LogP contribution in [0.25, 0.3) is 0 Å². The molecule has 0 aromatic heterocycles. The number of nitrogens with zero attached hydrogens (tertiary/aromatic N) is 1. The third-order valence-corrected chi connectivity index (χ3v) is 4.28. The zero-order valence-electron chi connectivity index (χ0n) is 9.38. The lowest BCUT2D eigenvalue weighted by Gasteiger charge is -2.29. The van der Waals surface area contributed by atoms with Gasteiger partial charge in [0.2, 0.25) is 5.91 Å². The van der Waals surface area contributed by atoms with E-state index in [9.17, 15) is 9.18 Å². The minimum Gasteiger partial charge on any atom is -0.338 e. The van der Waals surface area contributed by atoms with Gasteiger partial charge in [0.1, 0.15) is 5.82 Å². The van der Waals surface area contributed by atoms with Gasteiger partial charge in [-0.3, -0.25) is 4.79 Å². The molecular formula is C13H13BrFNO. The third-order valence-electron chi connectivity index (χ3n) is 3.54. The van der Waals surface area contributed by atoms with Gasteiger partial charge in [-0.2, -0.15) is 0 Å². The Morgan fingerprint density at radius 2 is 2.12 bits per heavy atom. The maximum Gasteiger partial charge on any atom is 0.225 e. The summed E-state index contributed by atoms with van der Waals surface area (Å²) in [6.07, 6.45) is 2.75. The number of carbonyl (C=O) groups excluding carboxylic acids is 1. The molecule has 0 spiro atoms. The molecule has 2 aliphatic rings. The van der Waals surface area contributed by atoms with E-state index in [1.807, 2.05) is 0 Å². The van der Waals surface area contributed by atoms with Crippen LogP contribution in [-0.4, -0.2) is 17.4 Å². The Kier molecular flexibility index (Phi) is 2.69. The van der Waals surface area contributed by atoms with Crippen molar-refractivity contribution in [3.05, 3.63) is 33.5 Å². The van der Waals surface area contributed by atoms with Gasteiger partial charge in [0.15, 0.2) is 0 Å². The number of hydrogen-bond donors (Lipinski definition) is 0. The van der Waals surface area contributed by atoms with Crippen LogP contribution < -0.4 is 0 Å². The molecule has 0 bridgehead atoms. The summed E-state index contributed by atoms with van der Waals surface area (Å²) in [6, 6.07) is 3.21. The van der Waals surface area contributed by atoms with Crippen molar-refractivity contribution in [1.82, 2.24) is 4.90 Å². The standard InChI is InChI=1S/C13H13BrFNO/c14-11-3-4-12(15)10-7-16(6-5-9(10)11)13(17)8-1-2-8/h3-4,8H,1-2,5-7H2. The van der Waals surface area contributed by atoms with Crippen LogP contribution in [0.1, 0.15) is 24.0 Å². The molecule has 1 amide bonds. The highest BCUT2D eigenvalue weighted by atomic mass is 79.9. The largest absolute Gasteiger partial charge is 0.338 e. The molecule has 1 aromatic carbocycles. The van der Waals surface area contributed by atoms with E-state index < -0.39 is 0 Å². The van der Waals surface area contributed by atoms with Crippen LogP contribution in [0.2, 0.25) is 0 Å². The lowest BCUT2D eigenvalue weighted by atomic mass is 9.99. The van der Waals surface area contributed by atoms with E-state index in [2.05, 4.69) is 15.9 Å². The van der Waals surface area contributed by atoms with Crippen molar-refractivity contribution in [2.75, 3.05) is 6.54 Å². The summed E-state index contributed by atoms with van der Waals surface area (Å²) >= 11 is 3.44. The van der Waals surface area contributed by atoms with E-state index in [-0.39, 0.29) is 17.6 Å². The highest BCUT2D eigenvalue weighted by Crippen LogP contribution is 2.34. The molecule has 1 aromatic rings. The minimum atomic E-state index is -0.198. The van der Waals surface area contributed by atoms with E-state index in [1.165, 1.54) is 6.07 Å². The Bertz CT molecular complexity index is 485. The first kappa shape index (κ1) is 11.2. The summed E-state index contributed by atoms with van der Waals surface area (Å²) in [5, 5.41) is 0. The second-order valence-electron chi connectivity index (χ2n) is 4.77. The maximum atomic E-state index is 13.7. The molecule has 4 heteroatoms. The Hall–Kier alpha value is -0.900. The van der Waals surface area contributed by atoms with E-state index in [1.54, 1.807) is 11.0 Å². The van der Waals surface area contributed by atoms with E-state index in [4.69, 9.17) is 0 Å². The molecule has 2 nitrogen and oxygen atoms in total. The van der Waals surface area contributed by atoms with Gasteiger partial charge in [-0.05, 0) is 37.0 Å². The molecule has 1 aliphatic heterocycles. The van der Waals surface area contributed by atoms with Gasteiger partial charge in [0, 0.05) is 29.0 Å². The van der Waals surface area contributed by atoms with Crippen molar-refractivity contribution in [1.29, 1.82) is 0 Å². The van der Waals surface area contributed by atoms with Gasteiger partial charge in [0.05, 0.1) is 0 Å². The van der Waals surface area contributed by atoms with Crippen molar-refractivity contribution < 1.29 is 9.18 Å². The number of rotatable bonds is 1. The van der Waals surface area contributed by atoms with Crippen LogP contribution in [-0.2, 0) is 17.8 Å². The van der Waals surface area contributed by atoms with Crippen molar-refractivity contribution >= 4 is 21.8 Å². The fourth-order valence-electron chi connectivity index (χ4n) is 2.37. The van der Waals surface area contributed by atoms with Gasteiger partial charge < -0.3 is 4.90 Å². The number of hydrogen-bond acceptors (Lipinski definition) is 1.